The van der Waals surface area contributed by atoms with Crippen molar-refractivity contribution in [1.82, 2.24) is 0 Å². The predicted molar refractivity (Wildman–Crippen MR) is 141 cm³/mol. The number of ketones is 1. The van der Waals surface area contributed by atoms with E-state index in [-0.39, 0.29) is 17.1 Å². The molecule has 0 spiro atoms. The molecule has 3 heteroatoms. The Morgan fingerprint density at radius 3 is 2.40 bits per heavy atom. The molecule has 5 atom stereocenters. The van der Waals surface area contributed by atoms with Crippen molar-refractivity contribution in [2.75, 3.05) is 19.0 Å². The van der Waals surface area contributed by atoms with Gasteiger partial charge in [-0.2, -0.15) is 0 Å². The number of carbonyl (C=O) groups excluding carboxylic acids is 1. The number of rotatable bonds is 3. The van der Waals surface area contributed by atoms with Gasteiger partial charge < -0.3 is 10.0 Å². The molecule has 0 radical (unpaired) electrons. The number of hydrogen-bond donors (Lipinski definition) is 1. The molecule has 2 saturated carbocycles. The summed E-state index contributed by atoms with van der Waals surface area (Å²) in [6, 6.07) is 19.5. The molecule has 4 aliphatic rings. The first-order valence-electron chi connectivity index (χ1n) is 13.3. The molecule has 2 aromatic rings. The molecule has 0 aliphatic heterocycles. The van der Waals surface area contributed by atoms with Crippen molar-refractivity contribution >= 4 is 11.5 Å². The molecule has 2 fully saturated rings. The first-order chi connectivity index (χ1) is 16.8. The highest BCUT2D eigenvalue weighted by Gasteiger charge is 2.63. The molecule has 0 amide bonds. The molecular formula is C32H37NO2. The van der Waals surface area contributed by atoms with E-state index in [4.69, 9.17) is 0 Å². The largest absolute Gasteiger partial charge is 0.385 e. The number of fused-ring (bicyclic) bond motifs is 4. The fourth-order valence-electron chi connectivity index (χ4n) is 8.16. The van der Waals surface area contributed by atoms with Crippen LogP contribution >= 0.6 is 0 Å². The fourth-order valence-corrected chi connectivity index (χ4v) is 8.16. The monoisotopic (exact) mass is 467 g/mol. The van der Waals surface area contributed by atoms with Crippen LogP contribution in [0.3, 0.4) is 0 Å². The average molecular weight is 468 g/mol. The molecule has 0 unspecified atom stereocenters. The van der Waals surface area contributed by atoms with E-state index in [2.05, 4.69) is 74.4 Å². The number of nitrogens with zero attached hydrogens (tertiary/aromatic N) is 1. The number of carbonyl (C=O) groups is 1. The Kier molecular flexibility index (Phi) is 5.34. The highest BCUT2D eigenvalue weighted by Crippen LogP contribution is 2.69. The third-order valence-corrected chi connectivity index (χ3v) is 9.95. The summed E-state index contributed by atoms with van der Waals surface area (Å²) < 4.78 is 0. The summed E-state index contributed by atoms with van der Waals surface area (Å²) in [4.78, 5) is 14.4. The Bertz CT molecular complexity index is 1210. The van der Waals surface area contributed by atoms with E-state index in [9.17, 15) is 9.90 Å². The zero-order chi connectivity index (χ0) is 24.4. The van der Waals surface area contributed by atoms with Gasteiger partial charge in [0.1, 0.15) is 0 Å². The Morgan fingerprint density at radius 1 is 0.943 bits per heavy atom. The molecule has 3 nitrogen and oxygen atoms in total. The van der Waals surface area contributed by atoms with Crippen LogP contribution in [0.15, 0.2) is 77.4 Å². The lowest BCUT2D eigenvalue weighted by Gasteiger charge is -2.55. The first kappa shape index (κ1) is 22.8. The lowest BCUT2D eigenvalue weighted by molar-refractivity contribution is -0.114. The van der Waals surface area contributed by atoms with Gasteiger partial charge in [0.2, 0.25) is 0 Å². The maximum absolute atomic E-state index is 12.4. The summed E-state index contributed by atoms with van der Waals surface area (Å²) >= 11 is 0. The van der Waals surface area contributed by atoms with Crippen LogP contribution in [0.2, 0.25) is 0 Å². The Morgan fingerprint density at radius 2 is 1.69 bits per heavy atom. The summed E-state index contributed by atoms with van der Waals surface area (Å²) in [5.41, 5.74) is 6.98. The van der Waals surface area contributed by atoms with Crippen molar-refractivity contribution in [2.45, 2.75) is 63.4 Å². The van der Waals surface area contributed by atoms with Crippen molar-refractivity contribution in [3.63, 3.8) is 0 Å². The maximum Gasteiger partial charge on any atom is 0.156 e. The lowest BCUT2D eigenvalue weighted by Crippen LogP contribution is -2.50. The first-order valence-corrected chi connectivity index (χ1v) is 13.3. The minimum Gasteiger partial charge on any atom is -0.385 e. The molecule has 2 aromatic carbocycles. The van der Waals surface area contributed by atoms with Gasteiger partial charge >= 0.3 is 0 Å². The van der Waals surface area contributed by atoms with Crippen molar-refractivity contribution in [3.05, 3.63) is 88.5 Å². The summed E-state index contributed by atoms with van der Waals surface area (Å²) in [5.74, 6) is 1.50. The summed E-state index contributed by atoms with van der Waals surface area (Å²) in [6.07, 6.45) is 8.38. The molecule has 0 aromatic heterocycles. The molecule has 35 heavy (non-hydrogen) atoms. The standard InChI is InChI=1S/C32H37NO2/c1-31-20-28(21-9-12-24(13-10-21)33(2)3)30-26-16-14-25(34)19-22(26)11-15-27(30)29(31)17-18-32(31,35)23-7-5-4-6-8-23/h4-10,12-13,19,27-29,35H,11,14-18,20H2,1-3H3/t27-,28+,29-,31-,32+/m0/s1. The zero-order valence-electron chi connectivity index (χ0n) is 21.3. The number of aliphatic hydroxyl groups is 1. The fraction of sp³-hybridized carbons (Fsp3) is 0.469. The molecule has 0 saturated heterocycles. The molecule has 6 rings (SSSR count). The molecule has 0 bridgehead atoms. The molecule has 182 valence electrons. The van der Waals surface area contributed by atoms with Crippen LogP contribution in [0.1, 0.15) is 68.9 Å². The van der Waals surface area contributed by atoms with Gasteiger partial charge in [-0.25, -0.2) is 0 Å². The summed E-state index contributed by atoms with van der Waals surface area (Å²) in [6.45, 7) is 2.37. The van der Waals surface area contributed by atoms with Crippen LogP contribution in [0.4, 0.5) is 5.69 Å². The van der Waals surface area contributed by atoms with Gasteiger partial charge in [0, 0.05) is 37.5 Å². The number of anilines is 1. The zero-order valence-corrected chi connectivity index (χ0v) is 21.3. The molecular weight excluding hydrogens is 430 g/mol. The topological polar surface area (TPSA) is 40.5 Å². The van der Waals surface area contributed by atoms with Crippen molar-refractivity contribution in [3.8, 4) is 0 Å². The second-order valence-corrected chi connectivity index (χ2v) is 11.7. The van der Waals surface area contributed by atoms with Gasteiger partial charge in [-0.3, -0.25) is 4.79 Å². The Labute approximate surface area is 209 Å². The third kappa shape index (κ3) is 3.38. The highest BCUT2D eigenvalue weighted by molar-refractivity contribution is 5.93. The van der Waals surface area contributed by atoms with E-state index in [1.54, 1.807) is 5.57 Å². The SMILES string of the molecule is CN(C)c1ccc([C@H]2C[C@@]3(C)[C@@H](CC[C@@]3(O)c3ccccc3)[C@@H]3CCC4=CC(=O)CCC4=C32)cc1. The van der Waals surface area contributed by atoms with E-state index < -0.39 is 5.60 Å². The number of hydrogen-bond acceptors (Lipinski definition) is 3. The van der Waals surface area contributed by atoms with Crippen LogP contribution < -0.4 is 4.90 Å². The second kappa shape index (κ2) is 8.20. The van der Waals surface area contributed by atoms with E-state index in [1.807, 2.05) is 12.1 Å². The van der Waals surface area contributed by atoms with Crippen LogP contribution in [0, 0.1) is 17.3 Å². The van der Waals surface area contributed by atoms with Gasteiger partial charge in [0.05, 0.1) is 5.60 Å². The van der Waals surface area contributed by atoms with E-state index in [0.717, 1.165) is 44.1 Å². The van der Waals surface area contributed by atoms with Crippen LogP contribution in [-0.2, 0) is 10.4 Å². The van der Waals surface area contributed by atoms with Gasteiger partial charge in [-0.05, 0) is 90.8 Å². The summed E-state index contributed by atoms with van der Waals surface area (Å²) in [7, 11) is 4.16. The van der Waals surface area contributed by atoms with E-state index in [1.165, 1.54) is 22.4 Å². The van der Waals surface area contributed by atoms with Crippen molar-refractivity contribution in [2.24, 2.45) is 17.3 Å². The second-order valence-electron chi connectivity index (χ2n) is 11.7. The number of benzene rings is 2. The quantitative estimate of drug-likeness (QED) is 0.557. The normalized spacial score (nSPS) is 34.1. The number of allylic oxidation sites excluding steroid dienone is 4. The minimum absolute atomic E-state index is 0.195. The third-order valence-electron chi connectivity index (χ3n) is 9.95. The van der Waals surface area contributed by atoms with Crippen molar-refractivity contribution < 1.29 is 9.90 Å². The minimum atomic E-state index is -0.810. The van der Waals surface area contributed by atoms with Gasteiger partial charge in [-0.1, -0.05) is 55.0 Å². The molecule has 4 aliphatic carbocycles. The predicted octanol–water partition coefficient (Wildman–Crippen LogP) is 6.54. The van der Waals surface area contributed by atoms with Crippen molar-refractivity contribution in [1.29, 1.82) is 0 Å². The molecule has 1 N–H and O–H groups in total. The smallest absolute Gasteiger partial charge is 0.156 e. The maximum atomic E-state index is 12.4. The Hall–Kier alpha value is -2.65. The molecule has 0 heterocycles. The summed E-state index contributed by atoms with van der Waals surface area (Å²) in [5, 5.41) is 12.4. The Balaban J connectivity index is 1.51. The van der Waals surface area contributed by atoms with E-state index in [0.29, 0.717) is 18.3 Å². The van der Waals surface area contributed by atoms with Gasteiger partial charge in [-0.15, -0.1) is 0 Å². The average Bonchev–Trinajstić information content (AvgIpc) is 3.15. The van der Waals surface area contributed by atoms with Gasteiger partial charge in [0.15, 0.2) is 5.78 Å². The van der Waals surface area contributed by atoms with Crippen LogP contribution in [0.25, 0.3) is 0 Å². The highest BCUT2D eigenvalue weighted by atomic mass is 16.3. The van der Waals surface area contributed by atoms with Gasteiger partial charge in [0.25, 0.3) is 0 Å². The van der Waals surface area contributed by atoms with Crippen LogP contribution in [0.5, 0.6) is 0 Å². The van der Waals surface area contributed by atoms with Crippen LogP contribution in [-0.4, -0.2) is 25.0 Å². The lowest BCUT2D eigenvalue weighted by atomic mass is 9.50. The van der Waals surface area contributed by atoms with E-state index >= 15 is 0 Å².